The fourth-order valence-corrected chi connectivity index (χ4v) is 1.73. The van der Waals surface area contributed by atoms with Crippen molar-refractivity contribution >= 4 is 0 Å². The molecule has 0 aromatic rings. The van der Waals surface area contributed by atoms with Gasteiger partial charge in [-0.15, -0.1) is 6.58 Å². The van der Waals surface area contributed by atoms with Gasteiger partial charge in [0.2, 0.25) is 0 Å². The molecule has 0 saturated heterocycles. The highest BCUT2D eigenvalue weighted by atomic mass is 14.3. The summed E-state index contributed by atoms with van der Waals surface area (Å²) in [7, 11) is 0. The zero-order valence-corrected chi connectivity index (χ0v) is 7.97. The molecular formula is C11H21. The molecule has 0 bridgehead atoms. The second kappa shape index (κ2) is 6.45. The SMILES string of the molecule is CC.[CH2]CC1CCCC1C=C. The van der Waals surface area contributed by atoms with Crippen LogP contribution >= 0.6 is 0 Å². The largest absolute Gasteiger partial charge is 0.103 e. The maximum Gasteiger partial charge on any atom is -0.0208 e. The van der Waals surface area contributed by atoms with Crippen LogP contribution in [0.5, 0.6) is 0 Å². The Kier molecular flexibility index (Phi) is 6.30. The molecule has 0 N–H and O–H groups in total. The number of hydrogen-bond acceptors (Lipinski definition) is 0. The lowest BCUT2D eigenvalue weighted by Crippen LogP contribution is -2.02. The van der Waals surface area contributed by atoms with E-state index in [9.17, 15) is 0 Å². The van der Waals surface area contributed by atoms with Gasteiger partial charge in [-0.2, -0.15) is 0 Å². The standard InChI is InChI=1S/C9H15.C2H6/c1-3-8-6-5-7-9(8)4-2;1-2/h3,8-9H,1-2,4-7H2;1-2H3. The van der Waals surface area contributed by atoms with Crippen molar-refractivity contribution in [3.8, 4) is 0 Å². The Labute approximate surface area is 71.7 Å². The minimum absolute atomic E-state index is 0.780. The van der Waals surface area contributed by atoms with E-state index in [4.69, 9.17) is 0 Å². The molecule has 2 unspecified atom stereocenters. The second-order valence-electron chi connectivity index (χ2n) is 2.88. The molecule has 0 aromatic heterocycles. The van der Waals surface area contributed by atoms with E-state index in [0.29, 0.717) is 0 Å². The van der Waals surface area contributed by atoms with E-state index in [0.717, 1.165) is 18.3 Å². The number of rotatable bonds is 2. The summed E-state index contributed by atoms with van der Waals surface area (Å²) in [6, 6.07) is 0. The third-order valence-electron chi connectivity index (χ3n) is 2.39. The highest BCUT2D eigenvalue weighted by Gasteiger charge is 2.22. The van der Waals surface area contributed by atoms with Crippen LogP contribution in [0.1, 0.15) is 39.5 Å². The van der Waals surface area contributed by atoms with E-state index < -0.39 is 0 Å². The van der Waals surface area contributed by atoms with Crippen molar-refractivity contribution in [2.45, 2.75) is 39.5 Å². The summed E-state index contributed by atoms with van der Waals surface area (Å²) >= 11 is 0. The van der Waals surface area contributed by atoms with Crippen LogP contribution in [0.15, 0.2) is 12.7 Å². The summed E-state index contributed by atoms with van der Waals surface area (Å²) < 4.78 is 0. The number of hydrogen-bond donors (Lipinski definition) is 0. The zero-order valence-electron chi connectivity index (χ0n) is 7.97. The normalized spacial score (nSPS) is 29.0. The molecule has 1 saturated carbocycles. The smallest absolute Gasteiger partial charge is 0.0208 e. The molecule has 1 aliphatic carbocycles. The van der Waals surface area contributed by atoms with Crippen LogP contribution in [0, 0.1) is 18.8 Å². The minimum Gasteiger partial charge on any atom is -0.103 e. The Balaban J connectivity index is 0.000000461. The quantitative estimate of drug-likeness (QED) is 0.529. The van der Waals surface area contributed by atoms with Gasteiger partial charge < -0.3 is 0 Å². The lowest BCUT2D eigenvalue weighted by Gasteiger charge is -2.11. The van der Waals surface area contributed by atoms with Gasteiger partial charge in [0.05, 0.1) is 0 Å². The summed E-state index contributed by atoms with van der Waals surface area (Å²) in [6.45, 7) is 11.7. The van der Waals surface area contributed by atoms with Gasteiger partial charge in [-0.05, 0) is 31.1 Å². The highest BCUT2D eigenvalue weighted by Crippen LogP contribution is 2.33. The minimum atomic E-state index is 0.780. The first kappa shape index (κ1) is 10.7. The summed E-state index contributed by atoms with van der Waals surface area (Å²) in [5.74, 6) is 1.63. The van der Waals surface area contributed by atoms with Crippen molar-refractivity contribution in [1.29, 1.82) is 0 Å². The van der Waals surface area contributed by atoms with Gasteiger partial charge in [0.15, 0.2) is 0 Å². The van der Waals surface area contributed by atoms with Crippen molar-refractivity contribution < 1.29 is 0 Å². The van der Waals surface area contributed by atoms with Crippen molar-refractivity contribution in [1.82, 2.24) is 0 Å². The van der Waals surface area contributed by atoms with Crippen LogP contribution in [0.3, 0.4) is 0 Å². The fourth-order valence-electron chi connectivity index (χ4n) is 1.73. The monoisotopic (exact) mass is 153 g/mol. The van der Waals surface area contributed by atoms with Crippen LogP contribution < -0.4 is 0 Å². The summed E-state index contributed by atoms with van der Waals surface area (Å²) in [5, 5.41) is 0. The van der Waals surface area contributed by atoms with E-state index >= 15 is 0 Å². The molecule has 0 aliphatic heterocycles. The maximum absolute atomic E-state index is 3.92. The van der Waals surface area contributed by atoms with Crippen molar-refractivity contribution in [2.75, 3.05) is 0 Å². The Bertz CT molecular complexity index is 94.2. The van der Waals surface area contributed by atoms with Gasteiger partial charge in [0.1, 0.15) is 0 Å². The van der Waals surface area contributed by atoms with E-state index in [-0.39, 0.29) is 0 Å². The molecule has 0 heteroatoms. The van der Waals surface area contributed by atoms with Crippen LogP contribution in [0.2, 0.25) is 0 Å². The van der Waals surface area contributed by atoms with Crippen LogP contribution in [0.25, 0.3) is 0 Å². The molecular weight excluding hydrogens is 132 g/mol. The number of allylic oxidation sites excluding steroid dienone is 1. The van der Waals surface area contributed by atoms with E-state index in [1.807, 2.05) is 13.8 Å². The lowest BCUT2D eigenvalue weighted by atomic mass is 9.94. The third kappa shape index (κ3) is 3.09. The predicted octanol–water partition coefficient (Wildman–Crippen LogP) is 3.84. The van der Waals surface area contributed by atoms with Gasteiger partial charge >= 0.3 is 0 Å². The molecule has 2 atom stereocenters. The first-order valence-corrected chi connectivity index (χ1v) is 4.80. The molecule has 1 fully saturated rings. The van der Waals surface area contributed by atoms with Gasteiger partial charge in [-0.1, -0.05) is 33.3 Å². The summed E-state index contributed by atoms with van der Waals surface area (Å²) in [4.78, 5) is 0. The molecule has 0 amide bonds. The molecule has 0 aromatic carbocycles. The Hall–Kier alpha value is -0.260. The van der Waals surface area contributed by atoms with E-state index in [1.165, 1.54) is 19.3 Å². The first-order valence-electron chi connectivity index (χ1n) is 4.80. The van der Waals surface area contributed by atoms with Crippen molar-refractivity contribution in [2.24, 2.45) is 11.8 Å². The second-order valence-corrected chi connectivity index (χ2v) is 2.88. The topological polar surface area (TPSA) is 0 Å². The van der Waals surface area contributed by atoms with Gasteiger partial charge in [-0.25, -0.2) is 0 Å². The summed E-state index contributed by atoms with van der Waals surface area (Å²) in [5.41, 5.74) is 0. The first-order chi connectivity index (χ1) is 5.38. The zero-order chi connectivity index (χ0) is 8.69. The van der Waals surface area contributed by atoms with Gasteiger partial charge in [-0.3, -0.25) is 0 Å². The van der Waals surface area contributed by atoms with Crippen LogP contribution in [0.4, 0.5) is 0 Å². The fraction of sp³-hybridized carbons (Fsp3) is 0.727. The molecule has 11 heavy (non-hydrogen) atoms. The Morgan fingerprint density at radius 1 is 1.36 bits per heavy atom. The average molecular weight is 153 g/mol. The average Bonchev–Trinajstić information content (AvgIpc) is 2.54. The molecule has 1 aliphatic rings. The molecule has 1 rings (SSSR count). The predicted molar refractivity (Wildman–Crippen MR) is 52.4 cm³/mol. The van der Waals surface area contributed by atoms with Crippen LogP contribution in [-0.4, -0.2) is 0 Å². The Morgan fingerprint density at radius 3 is 2.36 bits per heavy atom. The van der Waals surface area contributed by atoms with Crippen molar-refractivity contribution in [3.05, 3.63) is 19.6 Å². The van der Waals surface area contributed by atoms with E-state index in [1.54, 1.807) is 0 Å². The molecule has 0 heterocycles. The maximum atomic E-state index is 3.92. The molecule has 0 nitrogen and oxygen atoms in total. The highest BCUT2D eigenvalue weighted by molar-refractivity contribution is 4.89. The van der Waals surface area contributed by atoms with Gasteiger partial charge in [0, 0.05) is 0 Å². The molecule has 1 radical (unpaired) electrons. The third-order valence-corrected chi connectivity index (χ3v) is 2.39. The molecule has 65 valence electrons. The van der Waals surface area contributed by atoms with Crippen LogP contribution in [-0.2, 0) is 0 Å². The Morgan fingerprint density at radius 2 is 2.00 bits per heavy atom. The summed E-state index contributed by atoms with van der Waals surface area (Å²) in [6.07, 6.45) is 7.31. The van der Waals surface area contributed by atoms with Crippen molar-refractivity contribution in [3.63, 3.8) is 0 Å². The lowest BCUT2D eigenvalue weighted by molar-refractivity contribution is 0.463. The van der Waals surface area contributed by atoms with Gasteiger partial charge in [0.25, 0.3) is 0 Å². The molecule has 0 spiro atoms. The van der Waals surface area contributed by atoms with E-state index in [2.05, 4.69) is 19.6 Å².